The van der Waals surface area contributed by atoms with Crippen LogP contribution in [0.1, 0.15) is 31.7 Å². The summed E-state index contributed by atoms with van der Waals surface area (Å²) in [5.74, 6) is 0.568. The van der Waals surface area contributed by atoms with Gasteiger partial charge in [0.1, 0.15) is 0 Å². The minimum atomic E-state index is -2.81. The largest absolute Gasteiger partial charge is 0.487 e. The fourth-order valence-corrected chi connectivity index (χ4v) is 1.73. The van der Waals surface area contributed by atoms with Crippen LogP contribution in [0, 0.1) is 0 Å². The normalized spacial score (nSPS) is 15.8. The maximum absolute atomic E-state index is 12.2. The molecule has 0 saturated heterocycles. The van der Waals surface area contributed by atoms with Gasteiger partial charge >= 0.3 is 6.61 Å². The van der Waals surface area contributed by atoms with Gasteiger partial charge in [0.15, 0.2) is 11.5 Å². The number of ether oxygens (including phenoxy) is 2. The lowest BCUT2D eigenvalue weighted by molar-refractivity contribution is -0.0527. The van der Waals surface area contributed by atoms with Crippen molar-refractivity contribution < 1.29 is 18.3 Å². The van der Waals surface area contributed by atoms with Gasteiger partial charge in [-0.25, -0.2) is 0 Å². The van der Waals surface area contributed by atoms with Crippen molar-refractivity contribution in [2.75, 3.05) is 0 Å². The highest BCUT2D eigenvalue weighted by Gasteiger charge is 2.21. The Kier molecular flexibility index (Phi) is 3.82. The molecule has 1 fully saturated rings. The fourth-order valence-electron chi connectivity index (χ4n) is 1.73. The van der Waals surface area contributed by atoms with Crippen molar-refractivity contribution in [2.45, 2.75) is 45.3 Å². The Morgan fingerprint density at radius 2 is 2.06 bits per heavy atom. The number of alkyl halides is 2. The van der Waals surface area contributed by atoms with Gasteiger partial charge in [0.2, 0.25) is 0 Å². The summed E-state index contributed by atoms with van der Waals surface area (Å²) in [6.07, 6.45) is 4.12. The second-order valence-electron chi connectivity index (χ2n) is 4.18. The van der Waals surface area contributed by atoms with Crippen LogP contribution < -0.4 is 9.47 Å². The molecule has 4 heteroatoms. The van der Waals surface area contributed by atoms with Crippen molar-refractivity contribution in [3.05, 3.63) is 23.8 Å². The van der Waals surface area contributed by atoms with E-state index < -0.39 is 6.61 Å². The van der Waals surface area contributed by atoms with Gasteiger partial charge in [-0.15, -0.1) is 0 Å². The predicted molar refractivity (Wildman–Crippen MR) is 60.7 cm³/mol. The molecule has 0 bridgehead atoms. The minimum absolute atomic E-state index is 0.129. The molecule has 0 atom stereocenters. The van der Waals surface area contributed by atoms with Crippen molar-refractivity contribution in [2.24, 2.45) is 0 Å². The number of benzene rings is 1. The molecule has 0 amide bonds. The standard InChI is InChI=1S/C13H16F2O2/c1-2-9-6-7-11(17-13(14)15)12(8-9)16-10-4-3-5-10/h6-8,10,13H,2-5H2,1H3. The first-order valence-corrected chi connectivity index (χ1v) is 5.93. The van der Waals surface area contributed by atoms with Crippen LogP contribution in [-0.2, 0) is 6.42 Å². The van der Waals surface area contributed by atoms with E-state index in [1.54, 1.807) is 18.2 Å². The SMILES string of the molecule is CCc1ccc(OC(F)F)c(OC2CCC2)c1. The highest BCUT2D eigenvalue weighted by Crippen LogP contribution is 2.34. The molecule has 2 rings (SSSR count). The Morgan fingerprint density at radius 3 is 2.59 bits per heavy atom. The monoisotopic (exact) mass is 242 g/mol. The molecular weight excluding hydrogens is 226 g/mol. The van der Waals surface area contributed by atoms with E-state index in [1.807, 2.05) is 6.92 Å². The number of hydrogen-bond acceptors (Lipinski definition) is 2. The van der Waals surface area contributed by atoms with E-state index in [1.165, 1.54) is 0 Å². The zero-order valence-corrected chi connectivity index (χ0v) is 9.79. The second-order valence-corrected chi connectivity index (χ2v) is 4.18. The molecule has 0 aromatic heterocycles. The summed E-state index contributed by atoms with van der Waals surface area (Å²) in [4.78, 5) is 0. The average molecular weight is 242 g/mol. The van der Waals surface area contributed by atoms with Crippen LogP contribution in [0.4, 0.5) is 8.78 Å². The van der Waals surface area contributed by atoms with Crippen molar-refractivity contribution in [1.29, 1.82) is 0 Å². The topological polar surface area (TPSA) is 18.5 Å². The summed E-state index contributed by atoms with van der Waals surface area (Å²) >= 11 is 0. The maximum atomic E-state index is 12.2. The lowest BCUT2D eigenvalue weighted by Gasteiger charge is -2.27. The number of halogens is 2. The summed E-state index contributed by atoms with van der Waals surface area (Å²) in [6.45, 7) is -0.804. The minimum Gasteiger partial charge on any atom is -0.487 e. The van der Waals surface area contributed by atoms with E-state index in [0.717, 1.165) is 31.2 Å². The zero-order chi connectivity index (χ0) is 12.3. The van der Waals surface area contributed by atoms with E-state index in [0.29, 0.717) is 5.75 Å². The third kappa shape index (κ3) is 3.08. The van der Waals surface area contributed by atoms with Gasteiger partial charge in [-0.3, -0.25) is 0 Å². The Morgan fingerprint density at radius 1 is 1.29 bits per heavy atom. The third-order valence-corrected chi connectivity index (χ3v) is 2.98. The van der Waals surface area contributed by atoms with Crippen molar-refractivity contribution in [3.8, 4) is 11.5 Å². The molecule has 0 unspecified atom stereocenters. The molecule has 1 aromatic carbocycles. The van der Waals surface area contributed by atoms with E-state index in [9.17, 15) is 8.78 Å². The molecule has 0 aliphatic heterocycles. The van der Waals surface area contributed by atoms with E-state index >= 15 is 0 Å². The fraction of sp³-hybridized carbons (Fsp3) is 0.538. The van der Waals surface area contributed by atoms with Crippen LogP contribution in [0.3, 0.4) is 0 Å². The molecule has 0 spiro atoms. The van der Waals surface area contributed by atoms with Crippen LogP contribution in [0.25, 0.3) is 0 Å². The summed E-state index contributed by atoms with van der Waals surface area (Å²) in [5.41, 5.74) is 1.06. The Balaban J connectivity index is 2.16. The van der Waals surface area contributed by atoms with Crippen LogP contribution in [0.5, 0.6) is 11.5 Å². The summed E-state index contributed by atoms with van der Waals surface area (Å²) < 4.78 is 34.6. The quantitative estimate of drug-likeness (QED) is 0.782. The molecule has 1 aliphatic carbocycles. The van der Waals surface area contributed by atoms with Crippen molar-refractivity contribution in [1.82, 2.24) is 0 Å². The van der Waals surface area contributed by atoms with Crippen LogP contribution in [0.15, 0.2) is 18.2 Å². The molecule has 1 aliphatic rings. The molecule has 17 heavy (non-hydrogen) atoms. The van der Waals surface area contributed by atoms with E-state index in [4.69, 9.17) is 4.74 Å². The van der Waals surface area contributed by atoms with Gasteiger partial charge < -0.3 is 9.47 Å². The molecule has 0 heterocycles. The zero-order valence-electron chi connectivity index (χ0n) is 9.79. The second kappa shape index (κ2) is 5.34. The summed E-state index contributed by atoms with van der Waals surface area (Å²) in [5, 5.41) is 0. The Hall–Kier alpha value is -1.32. The molecule has 1 aromatic rings. The van der Waals surface area contributed by atoms with Crippen LogP contribution in [-0.4, -0.2) is 12.7 Å². The van der Waals surface area contributed by atoms with Gasteiger partial charge in [0, 0.05) is 0 Å². The van der Waals surface area contributed by atoms with Gasteiger partial charge in [0.25, 0.3) is 0 Å². The van der Waals surface area contributed by atoms with Gasteiger partial charge in [-0.05, 0) is 43.4 Å². The molecule has 94 valence electrons. The molecule has 2 nitrogen and oxygen atoms in total. The lowest BCUT2D eigenvalue weighted by atomic mass is 9.96. The highest BCUT2D eigenvalue weighted by atomic mass is 19.3. The number of hydrogen-bond donors (Lipinski definition) is 0. The Bertz CT molecular complexity index is 376. The summed E-state index contributed by atoms with van der Waals surface area (Å²) in [6, 6.07) is 5.13. The molecule has 0 radical (unpaired) electrons. The van der Waals surface area contributed by atoms with E-state index in [-0.39, 0.29) is 11.9 Å². The lowest BCUT2D eigenvalue weighted by Crippen LogP contribution is -2.25. The van der Waals surface area contributed by atoms with E-state index in [2.05, 4.69) is 4.74 Å². The first-order valence-electron chi connectivity index (χ1n) is 5.93. The maximum Gasteiger partial charge on any atom is 0.387 e. The number of rotatable bonds is 5. The number of aryl methyl sites for hydroxylation is 1. The predicted octanol–water partition coefficient (Wildman–Crippen LogP) is 3.78. The Labute approximate surface area is 99.5 Å². The van der Waals surface area contributed by atoms with Crippen molar-refractivity contribution in [3.63, 3.8) is 0 Å². The van der Waals surface area contributed by atoms with Crippen molar-refractivity contribution >= 4 is 0 Å². The smallest absolute Gasteiger partial charge is 0.387 e. The molecular formula is C13H16F2O2. The van der Waals surface area contributed by atoms with Crippen LogP contribution >= 0.6 is 0 Å². The van der Waals surface area contributed by atoms with Gasteiger partial charge in [-0.2, -0.15) is 8.78 Å². The van der Waals surface area contributed by atoms with Crippen LogP contribution in [0.2, 0.25) is 0 Å². The third-order valence-electron chi connectivity index (χ3n) is 2.98. The van der Waals surface area contributed by atoms with Gasteiger partial charge in [-0.1, -0.05) is 13.0 Å². The average Bonchev–Trinajstić information content (AvgIpc) is 2.24. The molecule has 0 N–H and O–H groups in total. The summed E-state index contributed by atoms with van der Waals surface area (Å²) in [7, 11) is 0. The molecule has 1 saturated carbocycles. The first kappa shape index (κ1) is 12.1. The van der Waals surface area contributed by atoms with Gasteiger partial charge in [0.05, 0.1) is 6.10 Å². The first-order chi connectivity index (χ1) is 8.19. The highest BCUT2D eigenvalue weighted by molar-refractivity contribution is 5.43.